The highest BCUT2D eigenvalue weighted by molar-refractivity contribution is 7.13. The second-order valence-electron chi connectivity index (χ2n) is 11.0. The van der Waals surface area contributed by atoms with Gasteiger partial charge in [0.25, 0.3) is 0 Å². The van der Waals surface area contributed by atoms with Crippen molar-refractivity contribution in [3.63, 3.8) is 0 Å². The summed E-state index contributed by atoms with van der Waals surface area (Å²) in [6, 6.07) is 5.37. The van der Waals surface area contributed by atoms with Gasteiger partial charge in [-0.15, -0.1) is 11.3 Å². The lowest BCUT2D eigenvalue weighted by molar-refractivity contribution is -0.137. The minimum absolute atomic E-state index is 0.202. The van der Waals surface area contributed by atoms with Gasteiger partial charge >= 0.3 is 12.3 Å². The number of ether oxygens (including phenoxy) is 1. The molecular formula is C27H34ClF3N4O2S. The number of piperidine rings is 1. The van der Waals surface area contributed by atoms with Gasteiger partial charge in [-0.2, -0.15) is 13.2 Å². The van der Waals surface area contributed by atoms with Crippen LogP contribution in [0.3, 0.4) is 0 Å². The van der Waals surface area contributed by atoms with Crippen molar-refractivity contribution in [3.05, 3.63) is 50.9 Å². The molecule has 2 aliphatic heterocycles. The van der Waals surface area contributed by atoms with E-state index in [9.17, 15) is 18.0 Å². The van der Waals surface area contributed by atoms with Crippen molar-refractivity contribution in [3.8, 4) is 0 Å². The molecule has 208 valence electrons. The minimum atomic E-state index is -4.32. The third-order valence-corrected chi connectivity index (χ3v) is 9.23. The largest absolute Gasteiger partial charge is 0.441 e. The van der Waals surface area contributed by atoms with Crippen molar-refractivity contribution in [1.29, 1.82) is 0 Å². The fourth-order valence-electron chi connectivity index (χ4n) is 5.97. The van der Waals surface area contributed by atoms with E-state index >= 15 is 0 Å². The Bertz CT molecular complexity index is 1080. The highest BCUT2D eigenvalue weighted by atomic mass is 35.5. The average Bonchev–Trinajstić information content (AvgIpc) is 3.43. The maximum atomic E-state index is 12.8. The predicted octanol–water partition coefficient (Wildman–Crippen LogP) is 6.20. The van der Waals surface area contributed by atoms with Gasteiger partial charge in [-0.1, -0.05) is 23.7 Å². The first kappa shape index (κ1) is 27.7. The molecule has 3 aliphatic rings. The summed E-state index contributed by atoms with van der Waals surface area (Å²) < 4.78 is 44.9. The highest BCUT2D eigenvalue weighted by Crippen LogP contribution is 2.36. The van der Waals surface area contributed by atoms with E-state index in [4.69, 9.17) is 16.3 Å². The molecule has 5 rings (SSSR count). The van der Waals surface area contributed by atoms with Crippen LogP contribution < -0.4 is 5.32 Å². The molecule has 1 amide bonds. The van der Waals surface area contributed by atoms with Crippen LogP contribution in [-0.2, 0) is 24.0 Å². The molecule has 1 aromatic heterocycles. The van der Waals surface area contributed by atoms with Crippen molar-refractivity contribution in [2.75, 3.05) is 32.7 Å². The third-order valence-electron chi connectivity index (χ3n) is 8.20. The number of carbonyl (C=O) groups is 1. The lowest BCUT2D eigenvalue weighted by Crippen LogP contribution is -2.46. The highest BCUT2D eigenvalue weighted by Gasteiger charge is 2.47. The van der Waals surface area contributed by atoms with E-state index in [1.807, 2.05) is 10.3 Å². The second kappa shape index (κ2) is 11.7. The van der Waals surface area contributed by atoms with Gasteiger partial charge < -0.3 is 15.0 Å². The monoisotopic (exact) mass is 570 g/mol. The zero-order chi connectivity index (χ0) is 26.8. The standard InChI is InChI=1S/C27H34ClF3N4O2S/c28-24-33-23(17-38-24)14-32-13-19-1-3-21(4-2-19)16-35-18-26(37-25(35)36)9-11-34(12-10-26)15-20-5-7-22(8-6-20)27(29,30)31/h5-8,17,19,21,32H,1-4,9-16,18H2. The molecule has 1 spiro atoms. The molecule has 0 bridgehead atoms. The molecule has 1 aliphatic carbocycles. The van der Waals surface area contributed by atoms with E-state index < -0.39 is 17.3 Å². The van der Waals surface area contributed by atoms with Gasteiger partial charge in [0, 0.05) is 50.9 Å². The maximum Gasteiger partial charge on any atom is 0.416 e. The number of likely N-dealkylation sites (tertiary alicyclic amines) is 1. The van der Waals surface area contributed by atoms with E-state index in [2.05, 4.69) is 15.2 Å². The molecule has 2 aromatic rings. The number of hydrogen-bond donors (Lipinski definition) is 1. The van der Waals surface area contributed by atoms with E-state index in [0.717, 1.165) is 94.6 Å². The molecule has 0 radical (unpaired) electrons. The number of carbonyl (C=O) groups excluding carboxylic acids is 1. The molecule has 3 heterocycles. The summed E-state index contributed by atoms with van der Waals surface area (Å²) >= 11 is 7.35. The van der Waals surface area contributed by atoms with Crippen LogP contribution in [0.1, 0.15) is 55.3 Å². The SMILES string of the molecule is O=C1OC2(CCN(Cc3ccc(C(F)(F)F)cc3)CC2)CN1CC1CCC(CNCc2csc(Cl)n2)CC1. The van der Waals surface area contributed by atoms with E-state index in [0.29, 0.717) is 29.4 Å². The number of hydrogen-bond acceptors (Lipinski definition) is 6. The summed E-state index contributed by atoms with van der Waals surface area (Å²) in [6.07, 6.45) is 1.52. The number of alkyl halides is 3. The molecule has 1 aromatic carbocycles. The first-order valence-electron chi connectivity index (χ1n) is 13.3. The lowest BCUT2D eigenvalue weighted by atomic mass is 9.81. The summed E-state index contributed by atoms with van der Waals surface area (Å²) in [7, 11) is 0. The summed E-state index contributed by atoms with van der Waals surface area (Å²) in [5, 5.41) is 5.48. The first-order valence-corrected chi connectivity index (χ1v) is 14.6. The third kappa shape index (κ3) is 7.00. The Balaban J connectivity index is 1.02. The Morgan fingerprint density at radius 2 is 1.79 bits per heavy atom. The summed E-state index contributed by atoms with van der Waals surface area (Å²) in [4.78, 5) is 21.1. The fourth-order valence-corrected chi connectivity index (χ4v) is 6.75. The molecular weight excluding hydrogens is 537 g/mol. The second-order valence-corrected chi connectivity index (χ2v) is 12.5. The maximum absolute atomic E-state index is 12.8. The number of nitrogens with zero attached hydrogens (tertiary/aromatic N) is 3. The molecule has 2 saturated heterocycles. The Kier molecular flexibility index (Phi) is 8.52. The van der Waals surface area contributed by atoms with Crippen LogP contribution in [0.15, 0.2) is 29.6 Å². The average molecular weight is 571 g/mol. The Hall–Kier alpha value is -1.88. The van der Waals surface area contributed by atoms with Gasteiger partial charge in [-0.25, -0.2) is 9.78 Å². The number of thiazole rings is 1. The van der Waals surface area contributed by atoms with Crippen LogP contribution in [0, 0.1) is 11.8 Å². The van der Waals surface area contributed by atoms with Crippen molar-refractivity contribution in [2.45, 2.75) is 63.4 Å². The summed E-state index contributed by atoms with van der Waals surface area (Å²) in [6.45, 7) is 5.22. The van der Waals surface area contributed by atoms with Crippen molar-refractivity contribution < 1.29 is 22.7 Å². The smallest absolute Gasteiger partial charge is 0.416 e. The van der Waals surface area contributed by atoms with Crippen LogP contribution in [-0.4, -0.2) is 59.2 Å². The molecule has 0 unspecified atom stereocenters. The normalized spacial score (nSPS) is 24.2. The number of halogens is 4. The lowest BCUT2D eigenvalue weighted by Gasteiger charge is -2.37. The Labute approximate surface area is 230 Å². The number of benzene rings is 1. The van der Waals surface area contributed by atoms with Crippen molar-refractivity contribution in [2.24, 2.45) is 11.8 Å². The van der Waals surface area contributed by atoms with Gasteiger partial charge in [-0.05, 0) is 61.8 Å². The van der Waals surface area contributed by atoms with Crippen LogP contribution >= 0.6 is 22.9 Å². The molecule has 3 fully saturated rings. The molecule has 0 atom stereocenters. The molecule has 1 N–H and O–H groups in total. The van der Waals surface area contributed by atoms with E-state index in [1.165, 1.54) is 11.3 Å². The number of rotatable bonds is 8. The topological polar surface area (TPSA) is 57.7 Å². The van der Waals surface area contributed by atoms with E-state index in [1.54, 1.807) is 12.1 Å². The molecule has 11 heteroatoms. The van der Waals surface area contributed by atoms with Crippen LogP contribution in [0.5, 0.6) is 0 Å². The Morgan fingerprint density at radius 1 is 1.11 bits per heavy atom. The van der Waals surface area contributed by atoms with Gasteiger partial charge in [0.05, 0.1) is 17.8 Å². The van der Waals surface area contributed by atoms with E-state index in [-0.39, 0.29) is 6.09 Å². The Morgan fingerprint density at radius 3 is 2.42 bits per heavy atom. The summed E-state index contributed by atoms with van der Waals surface area (Å²) in [5.41, 5.74) is 0.783. The van der Waals surface area contributed by atoms with Gasteiger partial charge in [0.15, 0.2) is 4.47 Å². The van der Waals surface area contributed by atoms with Crippen molar-refractivity contribution >= 4 is 29.0 Å². The zero-order valence-corrected chi connectivity index (χ0v) is 22.9. The molecule has 6 nitrogen and oxygen atoms in total. The van der Waals surface area contributed by atoms with Crippen LogP contribution in [0.4, 0.5) is 18.0 Å². The number of aromatic nitrogens is 1. The van der Waals surface area contributed by atoms with Crippen molar-refractivity contribution in [1.82, 2.24) is 20.1 Å². The van der Waals surface area contributed by atoms with Gasteiger partial charge in [0.2, 0.25) is 0 Å². The van der Waals surface area contributed by atoms with Crippen LogP contribution in [0.2, 0.25) is 4.47 Å². The zero-order valence-electron chi connectivity index (χ0n) is 21.3. The molecule has 1 saturated carbocycles. The minimum Gasteiger partial charge on any atom is -0.441 e. The predicted molar refractivity (Wildman–Crippen MR) is 141 cm³/mol. The summed E-state index contributed by atoms with van der Waals surface area (Å²) in [5.74, 6) is 1.15. The van der Waals surface area contributed by atoms with Crippen LogP contribution in [0.25, 0.3) is 0 Å². The molecule has 38 heavy (non-hydrogen) atoms. The quantitative estimate of drug-likeness (QED) is 0.410. The number of amides is 1. The fraction of sp³-hybridized carbons (Fsp3) is 0.630. The number of nitrogens with one attached hydrogen (secondary N) is 1. The van der Waals surface area contributed by atoms with Gasteiger partial charge in [-0.3, -0.25) is 4.90 Å². The van der Waals surface area contributed by atoms with Gasteiger partial charge in [0.1, 0.15) is 5.60 Å². The first-order chi connectivity index (χ1) is 18.2.